The zero-order chi connectivity index (χ0) is 22.3. The fraction of sp³-hybridized carbons (Fsp3) is 0.208. The van der Waals surface area contributed by atoms with E-state index in [1.165, 1.54) is 0 Å². The Morgan fingerprint density at radius 1 is 1.12 bits per heavy atom. The van der Waals surface area contributed by atoms with Crippen molar-refractivity contribution in [3.63, 3.8) is 0 Å². The summed E-state index contributed by atoms with van der Waals surface area (Å²) in [5.74, 6) is 0.612. The van der Waals surface area contributed by atoms with E-state index in [0.29, 0.717) is 12.4 Å². The zero-order valence-corrected chi connectivity index (χ0v) is 17.8. The second kappa shape index (κ2) is 9.82. The van der Waals surface area contributed by atoms with E-state index in [0.717, 1.165) is 59.1 Å². The van der Waals surface area contributed by atoms with Crippen molar-refractivity contribution in [1.29, 1.82) is 0 Å². The number of aromatic nitrogens is 6. The molecule has 2 N–H and O–H groups in total. The van der Waals surface area contributed by atoms with Crippen LogP contribution in [0.5, 0.6) is 0 Å². The van der Waals surface area contributed by atoms with Crippen molar-refractivity contribution in [2.75, 3.05) is 0 Å². The standard InChI is InChI=1S/C24H24N6O2/c1-2-3-8-22-25-15-19(13-14-23(31)32)30(22)16-17-9-11-18(12-10-17)20-6-4-5-7-21(20)24-26-28-29-27-24/h4-7,9-15H,2-3,8,16H2,1H3,(H,31,32)(H,26,27,28,29)/b14-13+. The highest BCUT2D eigenvalue weighted by Gasteiger charge is 2.12. The number of hydrogen-bond donors (Lipinski definition) is 2. The maximum atomic E-state index is 11.0. The van der Waals surface area contributed by atoms with Crippen molar-refractivity contribution in [2.45, 2.75) is 32.7 Å². The summed E-state index contributed by atoms with van der Waals surface area (Å²) >= 11 is 0. The first-order valence-electron chi connectivity index (χ1n) is 10.5. The SMILES string of the molecule is CCCCc1ncc(/C=C/C(=O)O)n1Cc1ccc(-c2ccccc2-c2nnn[nH]2)cc1. The van der Waals surface area contributed by atoms with E-state index in [9.17, 15) is 4.79 Å². The topological polar surface area (TPSA) is 110 Å². The lowest BCUT2D eigenvalue weighted by Crippen LogP contribution is -2.07. The molecule has 0 amide bonds. The molecular formula is C24H24N6O2. The third kappa shape index (κ3) is 4.80. The third-order valence-electron chi connectivity index (χ3n) is 5.25. The average molecular weight is 428 g/mol. The van der Waals surface area contributed by atoms with Gasteiger partial charge in [0.15, 0.2) is 5.82 Å². The van der Waals surface area contributed by atoms with E-state index >= 15 is 0 Å². The molecule has 0 aliphatic carbocycles. The Balaban J connectivity index is 1.61. The molecule has 2 aromatic heterocycles. The highest BCUT2D eigenvalue weighted by molar-refractivity contribution is 5.85. The van der Waals surface area contributed by atoms with Crippen molar-refractivity contribution in [2.24, 2.45) is 0 Å². The lowest BCUT2D eigenvalue weighted by Gasteiger charge is -2.12. The van der Waals surface area contributed by atoms with Crippen molar-refractivity contribution in [3.8, 4) is 22.5 Å². The summed E-state index contributed by atoms with van der Waals surface area (Å²) in [5, 5.41) is 23.2. The largest absolute Gasteiger partial charge is 0.478 e. The molecule has 4 rings (SSSR count). The maximum Gasteiger partial charge on any atom is 0.328 e. The summed E-state index contributed by atoms with van der Waals surface area (Å²) in [4.78, 5) is 15.5. The van der Waals surface area contributed by atoms with Gasteiger partial charge >= 0.3 is 5.97 Å². The van der Waals surface area contributed by atoms with Gasteiger partial charge < -0.3 is 9.67 Å². The molecule has 2 heterocycles. The van der Waals surface area contributed by atoms with Crippen LogP contribution in [-0.4, -0.2) is 41.3 Å². The first-order valence-corrected chi connectivity index (χ1v) is 10.5. The molecule has 4 aromatic rings. The Kier molecular flexibility index (Phi) is 6.50. The van der Waals surface area contributed by atoms with Crippen LogP contribution in [0.2, 0.25) is 0 Å². The number of unbranched alkanes of at least 4 members (excludes halogenated alkanes) is 1. The number of imidazole rings is 1. The van der Waals surface area contributed by atoms with Crippen LogP contribution in [0.4, 0.5) is 0 Å². The van der Waals surface area contributed by atoms with Crippen LogP contribution in [-0.2, 0) is 17.8 Å². The lowest BCUT2D eigenvalue weighted by molar-refractivity contribution is -0.131. The molecule has 0 radical (unpaired) electrons. The molecule has 0 spiro atoms. The van der Waals surface area contributed by atoms with Crippen LogP contribution < -0.4 is 0 Å². The van der Waals surface area contributed by atoms with Crippen LogP contribution in [0, 0.1) is 0 Å². The number of carboxylic acids is 1. The van der Waals surface area contributed by atoms with Crippen LogP contribution in [0.1, 0.15) is 36.8 Å². The van der Waals surface area contributed by atoms with E-state index in [2.05, 4.69) is 61.4 Å². The van der Waals surface area contributed by atoms with Crippen molar-refractivity contribution in [3.05, 3.63) is 77.9 Å². The number of hydrogen-bond acceptors (Lipinski definition) is 5. The highest BCUT2D eigenvalue weighted by Crippen LogP contribution is 2.30. The first-order chi connectivity index (χ1) is 15.7. The van der Waals surface area contributed by atoms with E-state index in [-0.39, 0.29) is 0 Å². The van der Waals surface area contributed by atoms with E-state index in [1.54, 1.807) is 12.3 Å². The monoisotopic (exact) mass is 428 g/mol. The molecule has 162 valence electrons. The minimum Gasteiger partial charge on any atom is -0.478 e. The Labute approximate surface area is 185 Å². The Morgan fingerprint density at radius 3 is 2.59 bits per heavy atom. The van der Waals surface area contributed by atoms with Crippen LogP contribution in [0.15, 0.2) is 60.8 Å². The van der Waals surface area contributed by atoms with Crippen molar-refractivity contribution >= 4 is 12.0 Å². The zero-order valence-electron chi connectivity index (χ0n) is 17.8. The lowest BCUT2D eigenvalue weighted by atomic mass is 9.98. The average Bonchev–Trinajstić information content (AvgIpc) is 3.47. The molecule has 0 fully saturated rings. The smallest absolute Gasteiger partial charge is 0.328 e. The number of aryl methyl sites for hydroxylation is 1. The maximum absolute atomic E-state index is 11.0. The van der Waals surface area contributed by atoms with Gasteiger partial charge in [-0.25, -0.2) is 14.9 Å². The summed E-state index contributed by atoms with van der Waals surface area (Å²) in [5.41, 5.74) is 4.92. The van der Waals surface area contributed by atoms with Crippen molar-refractivity contribution in [1.82, 2.24) is 30.2 Å². The molecule has 8 nitrogen and oxygen atoms in total. The molecular weight excluding hydrogens is 404 g/mol. The van der Waals surface area contributed by atoms with Gasteiger partial charge in [-0.15, -0.1) is 5.10 Å². The van der Waals surface area contributed by atoms with Gasteiger partial charge in [-0.3, -0.25) is 0 Å². The predicted molar refractivity (Wildman–Crippen MR) is 122 cm³/mol. The minimum absolute atomic E-state index is 0.617. The van der Waals surface area contributed by atoms with Gasteiger partial charge in [-0.05, 0) is 39.6 Å². The van der Waals surface area contributed by atoms with Gasteiger partial charge in [0.2, 0.25) is 0 Å². The molecule has 0 aliphatic rings. The fourth-order valence-electron chi connectivity index (χ4n) is 3.62. The van der Waals surface area contributed by atoms with Crippen LogP contribution in [0.3, 0.4) is 0 Å². The normalized spacial score (nSPS) is 11.3. The quantitative estimate of drug-likeness (QED) is 0.386. The Morgan fingerprint density at radius 2 is 1.91 bits per heavy atom. The van der Waals surface area contributed by atoms with Gasteiger partial charge in [0, 0.05) is 24.6 Å². The number of aliphatic carboxylic acids is 1. The molecule has 0 aliphatic heterocycles. The fourth-order valence-corrected chi connectivity index (χ4v) is 3.62. The minimum atomic E-state index is -0.974. The summed E-state index contributed by atoms with van der Waals surface area (Å²) < 4.78 is 2.08. The molecule has 0 saturated heterocycles. The van der Waals surface area contributed by atoms with Gasteiger partial charge in [-0.1, -0.05) is 61.9 Å². The predicted octanol–water partition coefficient (Wildman–Crippen LogP) is 4.22. The molecule has 0 saturated carbocycles. The molecule has 8 heteroatoms. The van der Waals surface area contributed by atoms with Gasteiger partial charge in [0.25, 0.3) is 0 Å². The van der Waals surface area contributed by atoms with Gasteiger partial charge in [0.1, 0.15) is 5.82 Å². The van der Waals surface area contributed by atoms with E-state index in [4.69, 9.17) is 5.11 Å². The highest BCUT2D eigenvalue weighted by atomic mass is 16.4. The number of rotatable bonds is 9. The molecule has 32 heavy (non-hydrogen) atoms. The number of nitrogens with one attached hydrogen (secondary N) is 1. The van der Waals surface area contributed by atoms with Crippen LogP contribution in [0.25, 0.3) is 28.6 Å². The summed E-state index contributed by atoms with van der Waals surface area (Å²) in [6, 6.07) is 16.3. The van der Waals surface area contributed by atoms with Crippen LogP contribution >= 0.6 is 0 Å². The summed E-state index contributed by atoms with van der Waals surface area (Å²) in [6.07, 6.45) is 7.44. The number of tetrazole rings is 1. The second-order valence-corrected chi connectivity index (χ2v) is 7.45. The summed E-state index contributed by atoms with van der Waals surface area (Å²) in [7, 11) is 0. The molecule has 0 bridgehead atoms. The third-order valence-corrected chi connectivity index (χ3v) is 5.25. The second-order valence-electron chi connectivity index (χ2n) is 7.45. The number of benzene rings is 2. The van der Waals surface area contributed by atoms with Gasteiger partial charge in [-0.2, -0.15) is 0 Å². The summed E-state index contributed by atoms with van der Waals surface area (Å²) in [6.45, 7) is 2.76. The van der Waals surface area contributed by atoms with Gasteiger partial charge in [0.05, 0.1) is 11.9 Å². The van der Waals surface area contributed by atoms with E-state index < -0.39 is 5.97 Å². The van der Waals surface area contributed by atoms with E-state index in [1.807, 2.05) is 24.3 Å². The first kappa shape index (κ1) is 21.2. The number of nitrogens with zero attached hydrogens (tertiary/aromatic N) is 5. The molecule has 0 unspecified atom stereocenters. The molecule has 2 aromatic carbocycles. The Bertz CT molecular complexity index is 1210. The number of aromatic amines is 1. The Hall–Kier alpha value is -4.07. The molecule has 0 atom stereocenters. The number of carbonyl (C=O) groups is 1. The number of carboxylic acid groups (broad SMARTS) is 1. The van der Waals surface area contributed by atoms with Crippen molar-refractivity contribution < 1.29 is 9.90 Å². The number of H-pyrrole nitrogens is 1.